The molecule has 0 saturated carbocycles. The minimum atomic E-state index is -0.794. The molecule has 0 spiro atoms. The minimum absolute atomic E-state index is 0.0562. The molecule has 4 heteroatoms. The monoisotopic (exact) mass is 256 g/mol. The predicted octanol–water partition coefficient (Wildman–Crippen LogP) is 2.96. The number of rotatable bonds is 7. The lowest BCUT2D eigenvalue weighted by Gasteiger charge is -2.22. The highest BCUT2D eigenvalue weighted by Crippen LogP contribution is 2.19. The molecule has 0 radical (unpaired) electrons. The summed E-state index contributed by atoms with van der Waals surface area (Å²) in [6, 6.07) is 4.16. The Balaban J connectivity index is 2.67. The first-order chi connectivity index (χ1) is 8.62. The Kier molecular flexibility index (Phi) is 6.22. The number of nitrogens with one attached hydrogen (secondary N) is 1. The van der Waals surface area contributed by atoms with Crippen molar-refractivity contribution in [2.24, 2.45) is 0 Å². The molecule has 0 bridgehead atoms. The minimum Gasteiger partial charge on any atom is -0.313 e. The fourth-order valence-corrected chi connectivity index (χ4v) is 2.06. The van der Waals surface area contributed by atoms with Gasteiger partial charge >= 0.3 is 0 Å². The van der Waals surface area contributed by atoms with Gasteiger partial charge in [-0.15, -0.1) is 0 Å². The van der Waals surface area contributed by atoms with Crippen molar-refractivity contribution < 1.29 is 8.78 Å². The highest BCUT2D eigenvalue weighted by Gasteiger charge is 2.13. The van der Waals surface area contributed by atoms with E-state index in [0.717, 1.165) is 31.6 Å². The molecule has 0 amide bonds. The summed E-state index contributed by atoms with van der Waals surface area (Å²) in [4.78, 5) is 2.31. The van der Waals surface area contributed by atoms with Crippen LogP contribution in [0.15, 0.2) is 18.2 Å². The van der Waals surface area contributed by atoms with Gasteiger partial charge in [-0.3, -0.25) is 0 Å². The average Bonchev–Trinajstić information content (AvgIpc) is 2.38. The Morgan fingerprint density at radius 2 is 1.83 bits per heavy atom. The molecule has 1 N–H and O–H groups in total. The van der Waals surface area contributed by atoms with Crippen molar-refractivity contribution in [2.45, 2.75) is 26.3 Å². The number of hydrogen-bond donors (Lipinski definition) is 1. The zero-order valence-corrected chi connectivity index (χ0v) is 11.3. The molecular formula is C14H22F2N2. The lowest BCUT2D eigenvalue weighted by molar-refractivity contribution is 0.284. The molecule has 2 nitrogen and oxygen atoms in total. The molecule has 0 aliphatic rings. The van der Waals surface area contributed by atoms with Gasteiger partial charge in [0.25, 0.3) is 0 Å². The van der Waals surface area contributed by atoms with Crippen molar-refractivity contribution >= 4 is 0 Å². The summed E-state index contributed by atoms with van der Waals surface area (Å²) in [6.07, 6.45) is 0.878. The molecule has 1 atom stereocenters. The van der Waals surface area contributed by atoms with E-state index in [-0.39, 0.29) is 6.04 Å². The van der Waals surface area contributed by atoms with Crippen molar-refractivity contribution in [1.29, 1.82) is 0 Å². The summed E-state index contributed by atoms with van der Waals surface area (Å²) in [5, 5.41) is 3.15. The van der Waals surface area contributed by atoms with Gasteiger partial charge in [-0.05, 0) is 50.8 Å². The van der Waals surface area contributed by atoms with Crippen LogP contribution in [0.5, 0.6) is 0 Å². The smallest absolute Gasteiger partial charge is 0.159 e. The highest BCUT2D eigenvalue weighted by atomic mass is 19.2. The van der Waals surface area contributed by atoms with Gasteiger partial charge in [-0.2, -0.15) is 0 Å². The second kappa shape index (κ2) is 7.44. The van der Waals surface area contributed by atoms with Gasteiger partial charge in [-0.25, -0.2) is 8.78 Å². The first kappa shape index (κ1) is 15.1. The molecule has 0 aliphatic heterocycles. The molecular weight excluding hydrogens is 234 g/mol. The Bertz CT molecular complexity index is 365. The number of benzene rings is 1. The van der Waals surface area contributed by atoms with Gasteiger partial charge in [0.15, 0.2) is 11.6 Å². The molecule has 0 aromatic heterocycles. The van der Waals surface area contributed by atoms with Crippen LogP contribution in [0.1, 0.15) is 31.9 Å². The molecule has 0 saturated heterocycles. The number of hydrogen-bond acceptors (Lipinski definition) is 2. The Morgan fingerprint density at radius 3 is 2.33 bits per heavy atom. The van der Waals surface area contributed by atoms with Gasteiger partial charge in [0.1, 0.15) is 0 Å². The summed E-state index contributed by atoms with van der Waals surface area (Å²) in [7, 11) is 1.84. The van der Waals surface area contributed by atoms with E-state index in [0.29, 0.717) is 0 Å². The van der Waals surface area contributed by atoms with E-state index in [2.05, 4.69) is 24.1 Å². The van der Waals surface area contributed by atoms with Gasteiger partial charge in [-0.1, -0.05) is 19.9 Å². The van der Waals surface area contributed by atoms with Crippen LogP contribution in [0.25, 0.3) is 0 Å². The molecule has 1 aromatic rings. The fraction of sp³-hybridized carbons (Fsp3) is 0.571. The zero-order valence-electron chi connectivity index (χ0n) is 11.3. The molecule has 0 fully saturated rings. The van der Waals surface area contributed by atoms with Gasteiger partial charge in [0, 0.05) is 6.04 Å². The molecule has 1 rings (SSSR count). The largest absolute Gasteiger partial charge is 0.313 e. The molecule has 0 aliphatic carbocycles. The number of nitrogens with zero attached hydrogens (tertiary/aromatic N) is 1. The van der Waals surface area contributed by atoms with Crippen molar-refractivity contribution in [1.82, 2.24) is 10.2 Å². The highest BCUT2D eigenvalue weighted by molar-refractivity contribution is 5.21. The Labute approximate surface area is 108 Å². The van der Waals surface area contributed by atoms with E-state index >= 15 is 0 Å². The maximum atomic E-state index is 13.2. The maximum absolute atomic E-state index is 13.2. The van der Waals surface area contributed by atoms with E-state index in [4.69, 9.17) is 0 Å². The van der Waals surface area contributed by atoms with E-state index in [9.17, 15) is 8.78 Å². The summed E-state index contributed by atoms with van der Waals surface area (Å²) in [5.41, 5.74) is 0.795. The van der Waals surface area contributed by atoms with Gasteiger partial charge in [0.2, 0.25) is 0 Å². The van der Waals surface area contributed by atoms with Crippen LogP contribution in [-0.4, -0.2) is 31.6 Å². The standard InChI is InChI=1S/C14H22F2N2/c1-4-18(5-2)9-8-14(17-3)11-6-7-12(15)13(16)10-11/h6-7,10,14,17H,4-5,8-9H2,1-3H3. The second-order valence-electron chi connectivity index (χ2n) is 4.33. The molecule has 102 valence electrons. The Morgan fingerprint density at radius 1 is 1.17 bits per heavy atom. The van der Waals surface area contributed by atoms with Crippen LogP contribution in [0.2, 0.25) is 0 Å². The normalized spacial score (nSPS) is 13.0. The summed E-state index contributed by atoms with van der Waals surface area (Å²) in [5.74, 6) is -1.58. The van der Waals surface area contributed by atoms with Crippen molar-refractivity contribution in [2.75, 3.05) is 26.7 Å². The molecule has 1 aromatic carbocycles. The first-order valence-corrected chi connectivity index (χ1v) is 6.46. The lowest BCUT2D eigenvalue weighted by atomic mass is 10.0. The SMILES string of the molecule is CCN(CC)CCC(NC)c1ccc(F)c(F)c1. The molecule has 1 unspecified atom stereocenters. The van der Waals surface area contributed by atoms with Crippen LogP contribution in [-0.2, 0) is 0 Å². The van der Waals surface area contributed by atoms with Gasteiger partial charge < -0.3 is 10.2 Å². The van der Waals surface area contributed by atoms with Crippen LogP contribution in [0, 0.1) is 11.6 Å². The summed E-state index contributed by atoms with van der Waals surface area (Å²) in [6.45, 7) is 7.19. The van der Waals surface area contributed by atoms with E-state index < -0.39 is 11.6 Å². The second-order valence-corrected chi connectivity index (χ2v) is 4.33. The predicted molar refractivity (Wildman–Crippen MR) is 70.6 cm³/mol. The van der Waals surface area contributed by atoms with Crippen molar-refractivity contribution in [3.63, 3.8) is 0 Å². The van der Waals surface area contributed by atoms with Crippen LogP contribution in [0.3, 0.4) is 0 Å². The van der Waals surface area contributed by atoms with E-state index in [1.165, 1.54) is 12.1 Å². The first-order valence-electron chi connectivity index (χ1n) is 6.46. The van der Waals surface area contributed by atoms with E-state index in [1.54, 1.807) is 6.07 Å². The van der Waals surface area contributed by atoms with Crippen LogP contribution < -0.4 is 5.32 Å². The quantitative estimate of drug-likeness (QED) is 0.807. The van der Waals surface area contributed by atoms with Crippen LogP contribution >= 0.6 is 0 Å². The van der Waals surface area contributed by atoms with Crippen LogP contribution in [0.4, 0.5) is 8.78 Å². The van der Waals surface area contributed by atoms with Crippen molar-refractivity contribution in [3.05, 3.63) is 35.4 Å². The summed E-state index contributed by atoms with van der Waals surface area (Å²) >= 11 is 0. The molecule has 18 heavy (non-hydrogen) atoms. The summed E-state index contributed by atoms with van der Waals surface area (Å²) < 4.78 is 26.1. The lowest BCUT2D eigenvalue weighted by Crippen LogP contribution is -2.28. The maximum Gasteiger partial charge on any atom is 0.159 e. The fourth-order valence-electron chi connectivity index (χ4n) is 2.06. The van der Waals surface area contributed by atoms with Gasteiger partial charge in [0.05, 0.1) is 0 Å². The third-order valence-electron chi connectivity index (χ3n) is 3.32. The third-order valence-corrected chi connectivity index (χ3v) is 3.32. The average molecular weight is 256 g/mol. The Hall–Kier alpha value is -1.00. The van der Waals surface area contributed by atoms with Crippen molar-refractivity contribution in [3.8, 4) is 0 Å². The number of halogens is 2. The molecule has 0 heterocycles. The third kappa shape index (κ3) is 4.03. The zero-order chi connectivity index (χ0) is 13.5. The topological polar surface area (TPSA) is 15.3 Å². The van der Waals surface area contributed by atoms with E-state index in [1.807, 2.05) is 7.05 Å².